The summed E-state index contributed by atoms with van der Waals surface area (Å²) in [7, 11) is -2.47. The van der Waals surface area contributed by atoms with Crippen LogP contribution in [0.2, 0.25) is 0 Å². The molecule has 0 saturated heterocycles. The van der Waals surface area contributed by atoms with Crippen LogP contribution < -0.4 is 4.31 Å². The predicted octanol–water partition coefficient (Wildman–Crippen LogP) is 1.84. The van der Waals surface area contributed by atoms with Gasteiger partial charge in [0.1, 0.15) is 11.9 Å². The second-order valence-corrected chi connectivity index (χ2v) is 6.19. The molecule has 0 spiro atoms. The number of sulfonamides is 1. The Hall–Kier alpha value is -1.38. The highest BCUT2D eigenvalue weighted by atomic mass is 35.5. The minimum absolute atomic E-state index is 0.178. The quantitative estimate of drug-likeness (QED) is 0.346. The van der Waals surface area contributed by atoms with Gasteiger partial charge in [-0.25, -0.2) is 12.7 Å². The number of nitrogens with zero attached hydrogens (tertiary/aromatic N) is 2. The van der Waals surface area contributed by atoms with Crippen molar-refractivity contribution in [1.29, 1.82) is 0 Å². The Kier molecular flexibility index (Phi) is 5.10. The number of nitro groups is 1. The minimum atomic E-state index is -3.79. The second kappa shape index (κ2) is 6.18. The molecule has 0 atom stereocenters. The fourth-order valence-corrected chi connectivity index (χ4v) is 2.69. The topological polar surface area (TPSA) is 89.8 Å². The normalized spacial score (nSPS) is 11.3. The summed E-state index contributed by atoms with van der Waals surface area (Å²) in [5.41, 5.74) is 0.541. The van der Waals surface area contributed by atoms with Gasteiger partial charge in [0.05, 0.1) is 10.6 Å². The lowest BCUT2D eigenvalue weighted by Gasteiger charge is -2.23. The minimum Gasteiger partial charge on any atom is -0.363 e. The summed E-state index contributed by atoms with van der Waals surface area (Å²) in [5, 5.41) is 10.1. The lowest BCUT2D eigenvalue weighted by atomic mass is 10.2. The van der Waals surface area contributed by atoms with Crippen molar-refractivity contribution in [2.24, 2.45) is 0 Å². The molecule has 0 aliphatic heterocycles. The van der Waals surface area contributed by atoms with E-state index in [9.17, 15) is 18.5 Å². The highest BCUT2D eigenvalue weighted by Gasteiger charge is 2.24. The van der Waals surface area contributed by atoms with E-state index >= 15 is 0 Å². The number of halogens is 1. The second-order valence-electron chi connectivity index (χ2n) is 3.72. The summed E-state index contributed by atoms with van der Waals surface area (Å²) in [6, 6.07) is 3.95. The van der Waals surface area contributed by atoms with Gasteiger partial charge in [-0.1, -0.05) is 6.07 Å². The molecule has 0 unspecified atom stereocenters. The lowest BCUT2D eigenvalue weighted by Crippen LogP contribution is -2.34. The van der Waals surface area contributed by atoms with Crippen LogP contribution in [0.5, 0.6) is 0 Å². The monoisotopic (exact) mass is 308 g/mol. The van der Waals surface area contributed by atoms with Gasteiger partial charge < -0.3 is 4.74 Å². The number of benzene rings is 1. The highest BCUT2D eigenvalue weighted by molar-refractivity contribution is 7.93. The maximum atomic E-state index is 11.9. The van der Waals surface area contributed by atoms with E-state index in [0.717, 1.165) is 4.31 Å². The molecule has 0 radical (unpaired) electrons. The number of methoxy groups -OCH3 is 1. The van der Waals surface area contributed by atoms with Gasteiger partial charge >= 0.3 is 0 Å². The third-order valence-corrected chi connectivity index (χ3v) is 4.47. The van der Waals surface area contributed by atoms with Gasteiger partial charge in [-0.05, 0) is 12.5 Å². The molecular weight excluding hydrogens is 296 g/mol. The van der Waals surface area contributed by atoms with Crippen molar-refractivity contribution >= 4 is 33.0 Å². The van der Waals surface area contributed by atoms with Crippen LogP contribution in [-0.4, -0.2) is 32.4 Å². The Morgan fingerprint density at radius 3 is 2.58 bits per heavy atom. The predicted molar refractivity (Wildman–Crippen MR) is 71.8 cm³/mol. The van der Waals surface area contributed by atoms with Gasteiger partial charge in [0.15, 0.2) is 0 Å². The van der Waals surface area contributed by atoms with Crippen molar-refractivity contribution < 1.29 is 18.1 Å². The summed E-state index contributed by atoms with van der Waals surface area (Å²) < 4.78 is 29.5. The standard InChI is InChI=1S/C10H13ClN2O5S/c1-8-3-4-9(13(14)15)5-10(8)12(7-18-2)19(16,17)6-11/h3-5H,6-7H2,1-2H3. The molecule has 0 bridgehead atoms. The average molecular weight is 309 g/mol. The van der Waals surface area contributed by atoms with E-state index in [1.807, 2.05) is 0 Å². The Morgan fingerprint density at radius 2 is 2.11 bits per heavy atom. The van der Waals surface area contributed by atoms with Crippen LogP contribution >= 0.6 is 11.6 Å². The molecule has 0 saturated carbocycles. The molecule has 0 amide bonds. The molecule has 0 aliphatic rings. The molecule has 19 heavy (non-hydrogen) atoms. The average Bonchev–Trinajstić information content (AvgIpc) is 2.36. The van der Waals surface area contributed by atoms with Gasteiger partial charge in [-0.2, -0.15) is 0 Å². The van der Waals surface area contributed by atoms with Crippen molar-refractivity contribution in [3.05, 3.63) is 33.9 Å². The maximum Gasteiger partial charge on any atom is 0.271 e. The van der Waals surface area contributed by atoms with Crippen LogP contribution in [0.3, 0.4) is 0 Å². The SMILES string of the molecule is COCN(c1cc([N+](=O)[O-])ccc1C)S(=O)(=O)CCl. The number of anilines is 1. The van der Waals surface area contributed by atoms with Crippen molar-refractivity contribution in [2.45, 2.75) is 6.92 Å². The first-order valence-corrected chi connectivity index (χ1v) is 7.28. The third-order valence-electron chi connectivity index (χ3n) is 2.39. The van der Waals surface area contributed by atoms with Gasteiger partial charge in [0.25, 0.3) is 15.7 Å². The highest BCUT2D eigenvalue weighted by Crippen LogP contribution is 2.28. The fraction of sp³-hybridized carbons (Fsp3) is 0.400. The number of nitro benzene ring substituents is 1. The van der Waals surface area contributed by atoms with E-state index in [1.165, 1.54) is 25.3 Å². The van der Waals surface area contributed by atoms with Crippen LogP contribution in [0.25, 0.3) is 0 Å². The molecule has 7 nitrogen and oxygen atoms in total. The number of hydrogen-bond acceptors (Lipinski definition) is 5. The van der Waals surface area contributed by atoms with Gasteiger partial charge in [0.2, 0.25) is 0 Å². The largest absolute Gasteiger partial charge is 0.363 e. The number of rotatable bonds is 6. The molecule has 1 aromatic carbocycles. The summed E-state index contributed by atoms with van der Waals surface area (Å²) in [6.45, 7) is 1.38. The Bertz CT molecular complexity index is 575. The van der Waals surface area contributed by atoms with E-state index in [-0.39, 0.29) is 18.1 Å². The van der Waals surface area contributed by atoms with Crippen molar-refractivity contribution in [2.75, 3.05) is 23.4 Å². The summed E-state index contributed by atoms with van der Waals surface area (Å²) in [4.78, 5) is 10.1. The number of ether oxygens (including phenoxy) is 1. The van der Waals surface area contributed by atoms with Crippen LogP contribution in [0.4, 0.5) is 11.4 Å². The number of aryl methyl sites for hydroxylation is 1. The van der Waals surface area contributed by atoms with Crippen molar-refractivity contribution in [3.63, 3.8) is 0 Å². The van der Waals surface area contributed by atoms with Gasteiger partial charge in [-0.3, -0.25) is 10.1 Å². The Balaban J connectivity index is 3.38. The zero-order valence-corrected chi connectivity index (χ0v) is 11.9. The van der Waals surface area contributed by atoms with E-state index in [2.05, 4.69) is 0 Å². The zero-order valence-electron chi connectivity index (χ0n) is 10.4. The molecule has 0 fully saturated rings. The third kappa shape index (κ3) is 3.55. The summed E-state index contributed by atoms with van der Waals surface area (Å²) in [6.07, 6.45) is 0. The summed E-state index contributed by atoms with van der Waals surface area (Å²) in [5.74, 6) is 0. The summed E-state index contributed by atoms with van der Waals surface area (Å²) >= 11 is 5.41. The zero-order chi connectivity index (χ0) is 14.6. The first kappa shape index (κ1) is 15.7. The van der Waals surface area contributed by atoms with E-state index < -0.39 is 20.2 Å². The first-order chi connectivity index (χ1) is 8.83. The molecule has 0 heterocycles. The van der Waals surface area contributed by atoms with Crippen LogP contribution in [0.15, 0.2) is 18.2 Å². The van der Waals surface area contributed by atoms with E-state index in [4.69, 9.17) is 16.3 Å². The van der Waals surface area contributed by atoms with E-state index in [0.29, 0.717) is 5.56 Å². The van der Waals surface area contributed by atoms with Gasteiger partial charge in [-0.15, -0.1) is 11.6 Å². The number of non-ortho nitro benzene ring substituents is 1. The molecule has 0 N–H and O–H groups in total. The van der Waals surface area contributed by atoms with Crippen LogP contribution in [0, 0.1) is 17.0 Å². The lowest BCUT2D eigenvalue weighted by molar-refractivity contribution is -0.384. The number of alkyl halides is 1. The van der Waals surface area contributed by atoms with E-state index in [1.54, 1.807) is 6.92 Å². The molecule has 0 aromatic heterocycles. The molecule has 106 valence electrons. The molecule has 0 aliphatic carbocycles. The van der Waals surface area contributed by atoms with Crippen molar-refractivity contribution in [1.82, 2.24) is 0 Å². The maximum absolute atomic E-state index is 11.9. The molecule has 1 aromatic rings. The van der Waals surface area contributed by atoms with Gasteiger partial charge in [0, 0.05) is 19.2 Å². The van der Waals surface area contributed by atoms with Crippen LogP contribution in [0.1, 0.15) is 5.56 Å². The van der Waals surface area contributed by atoms with Crippen LogP contribution in [-0.2, 0) is 14.8 Å². The smallest absolute Gasteiger partial charge is 0.271 e. The number of hydrogen-bond donors (Lipinski definition) is 0. The first-order valence-electron chi connectivity index (χ1n) is 5.14. The Labute approximate surface area is 115 Å². The molecule has 9 heteroatoms. The van der Waals surface area contributed by atoms with Crippen molar-refractivity contribution in [3.8, 4) is 0 Å². The fourth-order valence-electron chi connectivity index (χ4n) is 1.46. The molecular formula is C10H13ClN2O5S. The Morgan fingerprint density at radius 1 is 1.47 bits per heavy atom. The molecule has 1 rings (SSSR count).